The number of halogens is 2. The van der Waals surface area contributed by atoms with Gasteiger partial charge in [-0.25, -0.2) is 0 Å². The van der Waals surface area contributed by atoms with Crippen LogP contribution in [0.2, 0.25) is 0 Å². The summed E-state index contributed by atoms with van der Waals surface area (Å²) in [7, 11) is 0. The molecule has 0 saturated heterocycles. The van der Waals surface area contributed by atoms with Crippen LogP contribution in [0.15, 0.2) is 28.7 Å². The number of hydrogen-bond acceptors (Lipinski definition) is 1. The standard InChI is InChI=1S/C13H19BrClN/c1-11(9-15)4-3-7-16-10-12-5-2-6-13(14)8-12/h2,5-6,8,11,16H,3-4,7,9-10H2,1H3. The molecule has 0 aromatic heterocycles. The van der Waals surface area contributed by atoms with Gasteiger partial charge in [0.05, 0.1) is 0 Å². The van der Waals surface area contributed by atoms with Crippen molar-refractivity contribution in [2.45, 2.75) is 26.3 Å². The van der Waals surface area contributed by atoms with Crippen LogP contribution >= 0.6 is 27.5 Å². The first-order valence-corrected chi connectivity index (χ1v) is 7.06. The molecule has 0 amide bonds. The molecule has 1 N–H and O–H groups in total. The average molecular weight is 305 g/mol. The second-order valence-corrected chi connectivity index (χ2v) is 5.43. The lowest BCUT2D eigenvalue weighted by atomic mass is 10.1. The maximum Gasteiger partial charge on any atom is 0.0249 e. The van der Waals surface area contributed by atoms with Gasteiger partial charge in [0.15, 0.2) is 0 Å². The molecule has 3 heteroatoms. The molecule has 0 fully saturated rings. The summed E-state index contributed by atoms with van der Waals surface area (Å²) in [6.07, 6.45) is 2.40. The quantitative estimate of drug-likeness (QED) is 0.588. The third-order valence-corrected chi connectivity index (χ3v) is 3.55. The second-order valence-electron chi connectivity index (χ2n) is 4.21. The van der Waals surface area contributed by atoms with E-state index in [1.54, 1.807) is 0 Å². The van der Waals surface area contributed by atoms with Crippen LogP contribution < -0.4 is 5.32 Å². The molecular formula is C13H19BrClN. The third kappa shape index (κ3) is 5.88. The van der Waals surface area contributed by atoms with E-state index in [0.717, 1.165) is 23.4 Å². The SMILES string of the molecule is CC(CCl)CCCNCc1cccc(Br)c1. The van der Waals surface area contributed by atoms with Crippen molar-refractivity contribution in [3.63, 3.8) is 0 Å². The Balaban J connectivity index is 2.12. The van der Waals surface area contributed by atoms with Gasteiger partial charge in [-0.05, 0) is 43.0 Å². The minimum absolute atomic E-state index is 0.634. The van der Waals surface area contributed by atoms with E-state index in [4.69, 9.17) is 11.6 Å². The third-order valence-electron chi connectivity index (χ3n) is 2.53. The highest BCUT2D eigenvalue weighted by Gasteiger charge is 1.99. The van der Waals surface area contributed by atoms with Crippen molar-refractivity contribution in [2.24, 2.45) is 5.92 Å². The Morgan fingerprint density at radius 1 is 1.44 bits per heavy atom. The van der Waals surface area contributed by atoms with E-state index >= 15 is 0 Å². The summed E-state index contributed by atoms with van der Waals surface area (Å²) in [5.74, 6) is 1.40. The van der Waals surface area contributed by atoms with Gasteiger partial charge in [-0.15, -0.1) is 11.6 Å². The molecule has 1 aromatic carbocycles. The van der Waals surface area contributed by atoms with Gasteiger partial charge in [0.2, 0.25) is 0 Å². The molecular weight excluding hydrogens is 286 g/mol. The lowest BCUT2D eigenvalue weighted by Crippen LogP contribution is -2.15. The van der Waals surface area contributed by atoms with Crippen molar-refractivity contribution in [1.82, 2.24) is 5.32 Å². The summed E-state index contributed by atoms with van der Waals surface area (Å²) in [4.78, 5) is 0. The molecule has 90 valence electrons. The Morgan fingerprint density at radius 2 is 2.25 bits per heavy atom. The van der Waals surface area contributed by atoms with Gasteiger partial charge in [0.1, 0.15) is 0 Å². The molecule has 1 aromatic rings. The van der Waals surface area contributed by atoms with Gasteiger partial charge in [-0.3, -0.25) is 0 Å². The van der Waals surface area contributed by atoms with E-state index in [-0.39, 0.29) is 0 Å². The van der Waals surface area contributed by atoms with Crippen LogP contribution in [0.3, 0.4) is 0 Å². The number of benzene rings is 1. The summed E-state index contributed by atoms with van der Waals surface area (Å²) in [6.45, 7) is 4.20. The predicted molar refractivity (Wildman–Crippen MR) is 75.0 cm³/mol. The van der Waals surface area contributed by atoms with E-state index in [9.17, 15) is 0 Å². The Morgan fingerprint density at radius 3 is 2.94 bits per heavy atom. The van der Waals surface area contributed by atoms with E-state index in [2.05, 4.69) is 46.4 Å². The molecule has 0 saturated carbocycles. The lowest BCUT2D eigenvalue weighted by molar-refractivity contribution is 0.531. The van der Waals surface area contributed by atoms with Crippen LogP contribution in [0.25, 0.3) is 0 Å². The maximum atomic E-state index is 5.75. The summed E-state index contributed by atoms with van der Waals surface area (Å²) in [5.41, 5.74) is 1.32. The van der Waals surface area contributed by atoms with Crippen molar-refractivity contribution < 1.29 is 0 Å². The Labute approximate surface area is 112 Å². The normalized spacial score (nSPS) is 12.7. The second kappa shape index (κ2) is 8.10. The van der Waals surface area contributed by atoms with Gasteiger partial charge in [0.25, 0.3) is 0 Å². The van der Waals surface area contributed by atoms with Crippen molar-refractivity contribution in [3.05, 3.63) is 34.3 Å². The molecule has 1 atom stereocenters. The van der Waals surface area contributed by atoms with Gasteiger partial charge in [-0.1, -0.05) is 35.0 Å². The molecule has 1 rings (SSSR count). The van der Waals surface area contributed by atoms with Crippen LogP contribution in [-0.4, -0.2) is 12.4 Å². The smallest absolute Gasteiger partial charge is 0.0249 e. The number of rotatable bonds is 7. The largest absolute Gasteiger partial charge is 0.313 e. The van der Waals surface area contributed by atoms with Crippen molar-refractivity contribution >= 4 is 27.5 Å². The molecule has 0 bridgehead atoms. The van der Waals surface area contributed by atoms with Crippen molar-refractivity contribution in [3.8, 4) is 0 Å². The number of alkyl halides is 1. The van der Waals surface area contributed by atoms with E-state index in [1.165, 1.54) is 18.4 Å². The first kappa shape index (κ1) is 14.0. The lowest BCUT2D eigenvalue weighted by Gasteiger charge is -2.08. The maximum absolute atomic E-state index is 5.75. The summed E-state index contributed by atoms with van der Waals surface area (Å²) < 4.78 is 1.14. The fraction of sp³-hybridized carbons (Fsp3) is 0.538. The van der Waals surface area contributed by atoms with Crippen molar-refractivity contribution in [2.75, 3.05) is 12.4 Å². The summed E-state index contributed by atoms with van der Waals surface area (Å²) in [5, 5.41) is 3.44. The van der Waals surface area contributed by atoms with Gasteiger partial charge < -0.3 is 5.32 Å². The molecule has 1 nitrogen and oxygen atoms in total. The highest BCUT2D eigenvalue weighted by Crippen LogP contribution is 2.11. The highest BCUT2D eigenvalue weighted by molar-refractivity contribution is 9.10. The zero-order valence-electron chi connectivity index (χ0n) is 9.68. The first-order valence-electron chi connectivity index (χ1n) is 5.73. The zero-order valence-corrected chi connectivity index (χ0v) is 12.0. The minimum atomic E-state index is 0.634. The summed E-state index contributed by atoms with van der Waals surface area (Å²) in [6, 6.07) is 8.40. The molecule has 16 heavy (non-hydrogen) atoms. The molecule has 0 aliphatic heterocycles. The van der Waals surface area contributed by atoms with Gasteiger partial charge >= 0.3 is 0 Å². The molecule has 1 unspecified atom stereocenters. The summed E-state index contributed by atoms with van der Waals surface area (Å²) >= 11 is 9.22. The molecule has 0 radical (unpaired) electrons. The first-order chi connectivity index (χ1) is 7.72. The van der Waals surface area contributed by atoms with Crippen molar-refractivity contribution in [1.29, 1.82) is 0 Å². The van der Waals surface area contributed by atoms with Gasteiger partial charge in [0, 0.05) is 16.9 Å². The topological polar surface area (TPSA) is 12.0 Å². The zero-order chi connectivity index (χ0) is 11.8. The predicted octanol–water partition coefficient (Wildman–Crippen LogP) is 4.19. The van der Waals surface area contributed by atoms with Crippen LogP contribution in [0.1, 0.15) is 25.3 Å². The van der Waals surface area contributed by atoms with E-state index in [0.29, 0.717) is 5.92 Å². The number of nitrogens with one attached hydrogen (secondary N) is 1. The highest BCUT2D eigenvalue weighted by atomic mass is 79.9. The van der Waals surface area contributed by atoms with Crippen LogP contribution in [0, 0.1) is 5.92 Å². The Bertz CT molecular complexity index is 304. The average Bonchev–Trinajstić information content (AvgIpc) is 2.28. The van der Waals surface area contributed by atoms with Gasteiger partial charge in [-0.2, -0.15) is 0 Å². The minimum Gasteiger partial charge on any atom is -0.313 e. The van der Waals surface area contributed by atoms with Crippen LogP contribution in [0.5, 0.6) is 0 Å². The molecule has 0 spiro atoms. The van der Waals surface area contributed by atoms with Crippen LogP contribution in [-0.2, 0) is 6.54 Å². The van der Waals surface area contributed by atoms with E-state index in [1.807, 2.05) is 6.07 Å². The Kier molecular flexibility index (Phi) is 7.10. The molecule has 0 aliphatic rings. The molecule has 0 aliphatic carbocycles. The fourth-order valence-electron chi connectivity index (χ4n) is 1.53. The van der Waals surface area contributed by atoms with Crippen LogP contribution in [0.4, 0.5) is 0 Å². The number of hydrogen-bond donors (Lipinski definition) is 1. The van der Waals surface area contributed by atoms with E-state index < -0.39 is 0 Å². The molecule has 0 heterocycles. The Hall–Kier alpha value is -0.0500. The fourth-order valence-corrected chi connectivity index (χ4v) is 2.13. The monoisotopic (exact) mass is 303 g/mol.